The monoisotopic (exact) mass is 280 g/mol. The molecule has 0 aliphatic rings. The maximum Gasteiger partial charge on any atom is 0.338 e. The Morgan fingerprint density at radius 3 is 2.55 bits per heavy atom. The molecular formula is C14H20N2O4. The molecule has 1 aromatic rings. The van der Waals surface area contributed by atoms with Gasteiger partial charge in [0.2, 0.25) is 0 Å². The Morgan fingerprint density at radius 1 is 1.25 bits per heavy atom. The van der Waals surface area contributed by atoms with Gasteiger partial charge in [-0.25, -0.2) is 4.79 Å². The molecule has 110 valence electrons. The SMILES string of the molecule is CCOc1cc(N)cc(C(=O)OCC(=O)N(C)CC)c1. The third-order valence-corrected chi connectivity index (χ3v) is 2.70. The van der Waals surface area contributed by atoms with Crippen molar-refractivity contribution in [2.24, 2.45) is 0 Å². The summed E-state index contributed by atoms with van der Waals surface area (Å²) in [5.41, 5.74) is 6.36. The second-order valence-electron chi connectivity index (χ2n) is 4.21. The zero-order valence-electron chi connectivity index (χ0n) is 12.0. The van der Waals surface area contributed by atoms with E-state index in [0.29, 0.717) is 24.6 Å². The predicted molar refractivity (Wildman–Crippen MR) is 75.6 cm³/mol. The van der Waals surface area contributed by atoms with Crippen molar-refractivity contribution < 1.29 is 19.1 Å². The van der Waals surface area contributed by atoms with Crippen molar-refractivity contribution in [2.45, 2.75) is 13.8 Å². The van der Waals surface area contributed by atoms with Crippen molar-refractivity contribution in [1.29, 1.82) is 0 Å². The number of amides is 1. The molecule has 0 unspecified atom stereocenters. The molecule has 6 nitrogen and oxygen atoms in total. The Kier molecular flexibility index (Phi) is 5.83. The molecule has 0 radical (unpaired) electrons. The first-order chi connectivity index (χ1) is 9.47. The highest BCUT2D eigenvalue weighted by Crippen LogP contribution is 2.19. The fourth-order valence-corrected chi connectivity index (χ4v) is 1.49. The lowest BCUT2D eigenvalue weighted by Gasteiger charge is -2.14. The number of nitrogens with two attached hydrogens (primary N) is 1. The van der Waals surface area contributed by atoms with Gasteiger partial charge in [0.25, 0.3) is 5.91 Å². The molecule has 0 saturated carbocycles. The second kappa shape index (κ2) is 7.37. The number of hydrogen-bond acceptors (Lipinski definition) is 5. The summed E-state index contributed by atoms with van der Waals surface area (Å²) in [5.74, 6) is -0.359. The number of rotatable bonds is 6. The van der Waals surface area contributed by atoms with Crippen LogP contribution in [0.4, 0.5) is 5.69 Å². The van der Waals surface area contributed by atoms with E-state index in [2.05, 4.69) is 0 Å². The molecule has 0 bridgehead atoms. The number of nitrogen functional groups attached to an aromatic ring is 1. The minimum atomic E-state index is -0.601. The van der Waals surface area contributed by atoms with E-state index in [1.807, 2.05) is 13.8 Å². The van der Waals surface area contributed by atoms with E-state index in [-0.39, 0.29) is 18.1 Å². The molecule has 0 aliphatic carbocycles. The maximum atomic E-state index is 11.9. The van der Waals surface area contributed by atoms with Crippen molar-refractivity contribution in [3.8, 4) is 5.75 Å². The Labute approximate surface area is 118 Å². The minimum absolute atomic E-state index is 0.255. The Morgan fingerprint density at radius 2 is 1.95 bits per heavy atom. The molecule has 0 atom stereocenters. The molecule has 0 fully saturated rings. The molecule has 20 heavy (non-hydrogen) atoms. The molecule has 0 spiro atoms. The number of nitrogens with zero attached hydrogens (tertiary/aromatic N) is 1. The van der Waals surface area contributed by atoms with Gasteiger partial charge in [-0.05, 0) is 26.0 Å². The molecule has 1 rings (SSSR count). The highest BCUT2D eigenvalue weighted by Gasteiger charge is 2.14. The summed E-state index contributed by atoms with van der Waals surface area (Å²) in [6.45, 7) is 4.41. The number of hydrogen-bond donors (Lipinski definition) is 1. The van der Waals surface area contributed by atoms with Crippen LogP contribution in [0.5, 0.6) is 5.75 Å². The third kappa shape index (κ3) is 4.46. The number of carbonyl (C=O) groups is 2. The average molecular weight is 280 g/mol. The molecule has 0 saturated heterocycles. The number of esters is 1. The lowest BCUT2D eigenvalue weighted by atomic mass is 10.2. The van der Waals surface area contributed by atoms with Gasteiger partial charge < -0.3 is 20.1 Å². The van der Waals surface area contributed by atoms with Gasteiger partial charge in [-0.2, -0.15) is 0 Å². The van der Waals surface area contributed by atoms with Gasteiger partial charge in [-0.15, -0.1) is 0 Å². The fourth-order valence-electron chi connectivity index (χ4n) is 1.49. The smallest absolute Gasteiger partial charge is 0.338 e. The van der Waals surface area contributed by atoms with Crippen LogP contribution in [0.25, 0.3) is 0 Å². The van der Waals surface area contributed by atoms with Crippen molar-refractivity contribution in [1.82, 2.24) is 4.90 Å². The summed E-state index contributed by atoms with van der Waals surface area (Å²) in [7, 11) is 1.64. The lowest BCUT2D eigenvalue weighted by Crippen LogP contribution is -2.30. The van der Waals surface area contributed by atoms with Crippen molar-refractivity contribution >= 4 is 17.6 Å². The number of carbonyl (C=O) groups excluding carboxylic acids is 2. The minimum Gasteiger partial charge on any atom is -0.494 e. The Balaban J connectivity index is 2.70. The van der Waals surface area contributed by atoms with Gasteiger partial charge in [-0.1, -0.05) is 0 Å². The van der Waals surface area contributed by atoms with Gasteiger partial charge in [0.05, 0.1) is 12.2 Å². The highest BCUT2D eigenvalue weighted by atomic mass is 16.5. The third-order valence-electron chi connectivity index (χ3n) is 2.70. The summed E-state index contributed by atoms with van der Waals surface area (Å²) in [6, 6.07) is 4.64. The van der Waals surface area contributed by atoms with Crippen LogP contribution >= 0.6 is 0 Å². The summed E-state index contributed by atoms with van der Waals surface area (Å²) in [6.07, 6.45) is 0. The van der Waals surface area contributed by atoms with E-state index in [4.69, 9.17) is 15.2 Å². The van der Waals surface area contributed by atoms with Crippen molar-refractivity contribution in [3.63, 3.8) is 0 Å². The molecular weight excluding hydrogens is 260 g/mol. The molecule has 1 amide bonds. The van der Waals surface area contributed by atoms with E-state index < -0.39 is 5.97 Å². The van der Waals surface area contributed by atoms with Crippen LogP contribution in [0.2, 0.25) is 0 Å². The zero-order valence-corrected chi connectivity index (χ0v) is 12.0. The van der Waals surface area contributed by atoms with Crippen LogP contribution in [0.15, 0.2) is 18.2 Å². The van der Waals surface area contributed by atoms with Crippen LogP contribution in [0, 0.1) is 0 Å². The summed E-state index contributed by atoms with van der Waals surface area (Å²) < 4.78 is 10.3. The summed E-state index contributed by atoms with van der Waals surface area (Å²) >= 11 is 0. The van der Waals surface area contributed by atoms with E-state index >= 15 is 0 Å². The molecule has 0 aliphatic heterocycles. The Hall–Kier alpha value is -2.24. The Bertz CT molecular complexity index is 488. The number of benzene rings is 1. The number of likely N-dealkylation sites (N-methyl/N-ethyl adjacent to an activating group) is 1. The summed E-state index contributed by atoms with van der Waals surface area (Å²) in [4.78, 5) is 24.9. The van der Waals surface area contributed by atoms with Crippen LogP contribution in [0.1, 0.15) is 24.2 Å². The first-order valence-electron chi connectivity index (χ1n) is 6.42. The van der Waals surface area contributed by atoms with Crippen molar-refractivity contribution in [3.05, 3.63) is 23.8 Å². The van der Waals surface area contributed by atoms with Crippen LogP contribution < -0.4 is 10.5 Å². The van der Waals surface area contributed by atoms with E-state index in [0.717, 1.165) is 0 Å². The largest absolute Gasteiger partial charge is 0.494 e. The highest BCUT2D eigenvalue weighted by molar-refractivity contribution is 5.92. The molecule has 0 heterocycles. The normalized spacial score (nSPS) is 9.95. The first kappa shape index (κ1) is 15.8. The zero-order chi connectivity index (χ0) is 15.1. The van der Waals surface area contributed by atoms with Crippen LogP contribution in [-0.4, -0.2) is 43.6 Å². The molecule has 6 heteroatoms. The standard InChI is InChI=1S/C14H20N2O4/c1-4-16(3)13(17)9-20-14(18)10-6-11(15)8-12(7-10)19-5-2/h6-8H,4-5,9,15H2,1-3H3. The molecule has 2 N–H and O–H groups in total. The average Bonchev–Trinajstić information content (AvgIpc) is 2.43. The second-order valence-corrected chi connectivity index (χ2v) is 4.21. The quantitative estimate of drug-likeness (QED) is 0.627. The molecule has 0 aromatic heterocycles. The van der Waals surface area contributed by atoms with Crippen molar-refractivity contribution in [2.75, 3.05) is 32.5 Å². The lowest BCUT2D eigenvalue weighted by molar-refractivity contribution is -0.133. The van der Waals surface area contributed by atoms with Gasteiger partial charge >= 0.3 is 5.97 Å². The fraction of sp³-hybridized carbons (Fsp3) is 0.429. The van der Waals surface area contributed by atoms with Gasteiger partial charge in [-0.3, -0.25) is 4.79 Å². The summed E-state index contributed by atoms with van der Waals surface area (Å²) in [5, 5.41) is 0. The topological polar surface area (TPSA) is 81.9 Å². The van der Waals surface area contributed by atoms with E-state index in [1.54, 1.807) is 13.1 Å². The van der Waals surface area contributed by atoms with Gasteiger partial charge in [0, 0.05) is 25.3 Å². The first-order valence-corrected chi connectivity index (χ1v) is 6.42. The van der Waals surface area contributed by atoms with Gasteiger partial charge in [0.1, 0.15) is 5.75 Å². The van der Waals surface area contributed by atoms with Gasteiger partial charge in [0.15, 0.2) is 6.61 Å². The predicted octanol–water partition coefficient (Wildman–Crippen LogP) is 1.30. The maximum absolute atomic E-state index is 11.9. The number of ether oxygens (including phenoxy) is 2. The van der Waals surface area contributed by atoms with Crippen LogP contribution in [-0.2, 0) is 9.53 Å². The van der Waals surface area contributed by atoms with E-state index in [9.17, 15) is 9.59 Å². The van der Waals surface area contributed by atoms with E-state index in [1.165, 1.54) is 17.0 Å². The molecule has 1 aromatic carbocycles. The number of anilines is 1. The van der Waals surface area contributed by atoms with Crippen LogP contribution in [0.3, 0.4) is 0 Å².